The third-order valence-corrected chi connectivity index (χ3v) is 8.46. The molecule has 0 amide bonds. The lowest BCUT2D eigenvalue weighted by Gasteiger charge is -2.23. The van der Waals surface area contributed by atoms with Crippen molar-refractivity contribution in [2.75, 3.05) is 31.6 Å². The standard InChI is InChI=1S/C34H35N7O2/c1-40-16-2-3-31(40)26-6-9-30(36-20-26)29-19-27-21-37-34(38-28-7-4-24(5-8-28)25-10-14-35-15-11-25)39-32(27)41(33(29)42)22-23-12-17-43-18-13-23/h2-10,16,19-21,23,35H,11-15,17-18,22H2,1H3,(H,37,38,39). The van der Waals surface area contributed by atoms with Crippen molar-refractivity contribution in [3.05, 3.63) is 95.2 Å². The van der Waals surface area contributed by atoms with Gasteiger partial charge >= 0.3 is 0 Å². The highest BCUT2D eigenvalue weighted by atomic mass is 16.5. The molecule has 2 aliphatic rings. The van der Waals surface area contributed by atoms with E-state index < -0.39 is 0 Å². The zero-order chi connectivity index (χ0) is 29.2. The number of hydrogen-bond donors (Lipinski definition) is 2. The summed E-state index contributed by atoms with van der Waals surface area (Å²) in [5, 5.41) is 7.50. The summed E-state index contributed by atoms with van der Waals surface area (Å²) in [6.07, 6.45) is 10.7. The maximum atomic E-state index is 14.1. The number of ether oxygens (including phenoxy) is 1. The number of aromatic nitrogens is 5. The Morgan fingerprint density at radius 3 is 2.58 bits per heavy atom. The molecule has 2 N–H and O–H groups in total. The maximum Gasteiger partial charge on any atom is 0.261 e. The Bertz CT molecular complexity index is 1830. The van der Waals surface area contributed by atoms with Gasteiger partial charge in [0, 0.05) is 74.3 Å². The minimum atomic E-state index is -0.0950. The second kappa shape index (κ2) is 11.9. The Hall–Kier alpha value is -4.60. The number of rotatable bonds is 7. The molecule has 0 atom stereocenters. The molecule has 5 aromatic rings. The first-order chi connectivity index (χ1) is 21.1. The molecule has 1 aromatic carbocycles. The number of nitrogens with one attached hydrogen (secondary N) is 2. The Morgan fingerprint density at radius 2 is 1.86 bits per heavy atom. The van der Waals surface area contributed by atoms with Gasteiger partial charge in [-0.15, -0.1) is 0 Å². The molecule has 9 heteroatoms. The van der Waals surface area contributed by atoms with Gasteiger partial charge in [-0.2, -0.15) is 4.98 Å². The van der Waals surface area contributed by atoms with Crippen molar-refractivity contribution in [2.45, 2.75) is 25.8 Å². The number of fused-ring (bicyclic) bond motifs is 1. The van der Waals surface area contributed by atoms with E-state index >= 15 is 0 Å². The minimum absolute atomic E-state index is 0.0950. The molecule has 0 bridgehead atoms. The largest absolute Gasteiger partial charge is 0.381 e. The molecule has 1 saturated heterocycles. The molecule has 0 aliphatic carbocycles. The van der Waals surface area contributed by atoms with Gasteiger partial charge in [-0.05, 0) is 85.3 Å². The minimum Gasteiger partial charge on any atom is -0.381 e. The predicted octanol–water partition coefficient (Wildman–Crippen LogP) is 5.41. The third-order valence-electron chi connectivity index (χ3n) is 8.46. The fraction of sp³-hybridized carbons (Fsp3) is 0.294. The first kappa shape index (κ1) is 27.2. The summed E-state index contributed by atoms with van der Waals surface area (Å²) in [6, 6.07) is 18.2. The van der Waals surface area contributed by atoms with Crippen LogP contribution in [0, 0.1) is 5.92 Å². The highest BCUT2D eigenvalue weighted by Gasteiger charge is 2.20. The fourth-order valence-corrected chi connectivity index (χ4v) is 6.01. The van der Waals surface area contributed by atoms with E-state index in [1.54, 1.807) is 6.20 Å². The number of anilines is 2. The highest BCUT2D eigenvalue weighted by molar-refractivity contribution is 5.81. The summed E-state index contributed by atoms with van der Waals surface area (Å²) in [5.41, 5.74) is 7.27. The molecule has 0 unspecified atom stereocenters. The molecule has 43 heavy (non-hydrogen) atoms. The van der Waals surface area contributed by atoms with Gasteiger partial charge in [-0.25, -0.2) is 4.98 Å². The molecule has 0 radical (unpaired) electrons. The van der Waals surface area contributed by atoms with Crippen LogP contribution < -0.4 is 16.2 Å². The lowest BCUT2D eigenvalue weighted by molar-refractivity contribution is 0.0613. The van der Waals surface area contributed by atoms with Crippen molar-refractivity contribution in [3.8, 4) is 22.5 Å². The highest BCUT2D eigenvalue weighted by Crippen LogP contribution is 2.26. The molecule has 218 valence electrons. The van der Waals surface area contributed by atoms with E-state index in [0.717, 1.165) is 54.7 Å². The Labute approximate surface area is 250 Å². The second-order valence-corrected chi connectivity index (χ2v) is 11.3. The van der Waals surface area contributed by atoms with Crippen LogP contribution >= 0.6 is 0 Å². The van der Waals surface area contributed by atoms with E-state index in [1.807, 2.05) is 48.3 Å². The average Bonchev–Trinajstić information content (AvgIpc) is 3.49. The van der Waals surface area contributed by atoms with E-state index in [9.17, 15) is 4.79 Å². The Morgan fingerprint density at radius 1 is 1.02 bits per heavy atom. The molecule has 1 fully saturated rings. The summed E-state index contributed by atoms with van der Waals surface area (Å²) in [4.78, 5) is 28.3. The summed E-state index contributed by atoms with van der Waals surface area (Å²) in [6.45, 7) is 3.91. The van der Waals surface area contributed by atoms with Crippen LogP contribution in [0.3, 0.4) is 0 Å². The summed E-state index contributed by atoms with van der Waals surface area (Å²) in [7, 11) is 2.01. The normalized spacial score (nSPS) is 15.9. The molecule has 6 heterocycles. The van der Waals surface area contributed by atoms with Gasteiger partial charge in [0.05, 0.1) is 11.3 Å². The van der Waals surface area contributed by atoms with Gasteiger partial charge in [0.2, 0.25) is 5.95 Å². The summed E-state index contributed by atoms with van der Waals surface area (Å²) < 4.78 is 9.45. The number of hydrogen-bond acceptors (Lipinski definition) is 7. The first-order valence-corrected chi connectivity index (χ1v) is 15.0. The van der Waals surface area contributed by atoms with Crippen LogP contribution in [0.2, 0.25) is 0 Å². The molecular formula is C34H35N7O2. The SMILES string of the molecule is Cn1cccc1-c1ccc(-c2cc3cnc(Nc4ccc(C5=CCNCC5)cc4)nc3n(CC3CCOCC3)c2=O)nc1. The second-order valence-electron chi connectivity index (χ2n) is 11.3. The van der Waals surface area contributed by atoms with Gasteiger partial charge in [0.25, 0.3) is 5.56 Å². The summed E-state index contributed by atoms with van der Waals surface area (Å²) in [5.74, 6) is 0.792. The van der Waals surface area contributed by atoms with Crippen LogP contribution in [0.5, 0.6) is 0 Å². The van der Waals surface area contributed by atoms with E-state index in [2.05, 4.69) is 56.6 Å². The van der Waals surface area contributed by atoms with Crippen molar-refractivity contribution in [3.63, 3.8) is 0 Å². The van der Waals surface area contributed by atoms with Gasteiger partial charge in [-0.1, -0.05) is 18.2 Å². The third kappa shape index (κ3) is 5.74. The van der Waals surface area contributed by atoms with Gasteiger partial charge < -0.3 is 19.9 Å². The molecule has 2 aliphatic heterocycles. The number of aryl methyl sites for hydroxylation is 1. The smallest absolute Gasteiger partial charge is 0.261 e. The average molecular weight is 574 g/mol. The van der Waals surface area contributed by atoms with Gasteiger partial charge in [-0.3, -0.25) is 14.3 Å². The van der Waals surface area contributed by atoms with Crippen molar-refractivity contribution in [2.24, 2.45) is 13.0 Å². The molecule has 9 nitrogen and oxygen atoms in total. The van der Waals surface area contributed by atoms with E-state index in [1.165, 1.54) is 11.1 Å². The lowest BCUT2D eigenvalue weighted by atomic mass is 10.00. The quantitative estimate of drug-likeness (QED) is 0.269. The monoisotopic (exact) mass is 573 g/mol. The summed E-state index contributed by atoms with van der Waals surface area (Å²) >= 11 is 0. The van der Waals surface area contributed by atoms with E-state index in [0.29, 0.717) is 48.5 Å². The molecule has 7 rings (SSSR count). The number of benzene rings is 1. The predicted molar refractivity (Wildman–Crippen MR) is 170 cm³/mol. The van der Waals surface area contributed by atoms with E-state index in [4.69, 9.17) is 14.7 Å². The van der Waals surface area contributed by atoms with Crippen LogP contribution in [0.4, 0.5) is 11.6 Å². The van der Waals surface area contributed by atoms with Gasteiger partial charge in [0.1, 0.15) is 5.65 Å². The van der Waals surface area contributed by atoms with Crippen LogP contribution in [0.15, 0.2) is 84.1 Å². The Kier molecular flexibility index (Phi) is 7.57. The molecular weight excluding hydrogens is 538 g/mol. The fourth-order valence-electron chi connectivity index (χ4n) is 6.01. The lowest BCUT2D eigenvalue weighted by Crippen LogP contribution is -2.29. The molecule has 0 spiro atoms. The van der Waals surface area contributed by atoms with Crippen molar-refractivity contribution >= 4 is 28.2 Å². The van der Waals surface area contributed by atoms with Crippen LogP contribution in [-0.2, 0) is 18.3 Å². The van der Waals surface area contributed by atoms with Crippen LogP contribution in [0.25, 0.3) is 39.1 Å². The topological polar surface area (TPSA) is 98.9 Å². The maximum absolute atomic E-state index is 14.1. The first-order valence-electron chi connectivity index (χ1n) is 15.0. The molecule has 0 saturated carbocycles. The zero-order valence-electron chi connectivity index (χ0n) is 24.3. The molecule has 4 aromatic heterocycles. The van der Waals surface area contributed by atoms with Crippen molar-refractivity contribution in [1.29, 1.82) is 0 Å². The zero-order valence-corrected chi connectivity index (χ0v) is 24.3. The van der Waals surface area contributed by atoms with Crippen molar-refractivity contribution in [1.82, 2.24) is 29.4 Å². The van der Waals surface area contributed by atoms with Gasteiger partial charge in [0.15, 0.2) is 0 Å². The number of pyridine rings is 2. The van der Waals surface area contributed by atoms with Crippen molar-refractivity contribution < 1.29 is 4.74 Å². The van der Waals surface area contributed by atoms with Crippen LogP contribution in [0.1, 0.15) is 24.8 Å². The Balaban J connectivity index is 1.23. The van der Waals surface area contributed by atoms with E-state index in [-0.39, 0.29) is 5.56 Å². The number of nitrogens with zero attached hydrogens (tertiary/aromatic N) is 5. The van der Waals surface area contributed by atoms with Crippen LogP contribution in [-0.4, -0.2) is 50.4 Å².